The summed E-state index contributed by atoms with van der Waals surface area (Å²) in [5.74, 6) is -0.991. The first-order chi connectivity index (χ1) is 7.54. The van der Waals surface area contributed by atoms with E-state index >= 15 is 0 Å². The van der Waals surface area contributed by atoms with Gasteiger partial charge < -0.3 is 5.73 Å². The SMILES string of the molecule is N#Cc1c(N)[nH+]c2c(c1N)C(=O)NC(=O)C2. The molecule has 16 heavy (non-hydrogen) atoms. The van der Waals surface area contributed by atoms with Gasteiger partial charge in [0.2, 0.25) is 5.91 Å². The molecule has 1 aliphatic heterocycles. The number of aromatic nitrogens is 1. The number of nitriles is 1. The third-order valence-corrected chi connectivity index (χ3v) is 2.32. The summed E-state index contributed by atoms with van der Waals surface area (Å²) in [6, 6.07) is 1.80. The number of nitrogen functional groups attached to an aromatic ring is 2. The van der Waals surface area contributed by atoms with E-state index < -0.39 is 11.8 Å². The Morgan fingerprint density at radius 2 is 2.06 bits per heavy atom. The molecule has 0 spiro atoms. The molecule has 1 aromatic heterocycles. The molecule has 0 bridgehead atoms. The van der Waals surface area contributed by atoms with Gasteiger partial charge in [-0.25, -0.2) is 4.98 Å². The Kier molecular flexibility index (Phi) is 1.98. The maximum Gasteiger partial charge on any atom is 0.290 e. The Morgan fingerprint density at radius 1 is 1.38 bits per heavy atom. The second-order valence-electron chi connectivity index (χ2n) is 3.35. The van der Waals surface area contributed by atoms with E-state index in [0.717, 1.165) is 0 Å². The van der Waals surface area contributed by atoms with E-state index in [1.165, 1.54) is 0 Å². The minimum absolute atomic E-state index is 0.00116. The number of hydrogen-bond donors (Lipinski definition) is 3. The van der Waals surface area contributed by atoms with Crippen LogP contribution in [-0.2, 0) is 11.2 Å². The number of aromatic amines is 1. The second-order valence-corrected chi connectivity index (χ2v) is 3.35. The first-order valence-electron chi connectivity index (χ1n) is 4.42. The summed E-state index contributed by atoms with van der Waals surface area (Å²) in [5.41, 5.74) is 11.7. The van der Waals surface area contributed by atoms with Crippen molar-refractivity contribution in [3.8, 4) is 6.07 Å². The molecule has 2 rings (SSSR count). The molecule has 0 aliphatic carbocycles. The summed E-state index contributed by atoms with van der Waals surface area (Å²) in [5, 5.41) is 10.9. The number of carbonyl (C=O) groups is 2. The molecule has 2 heterocycles. The highest BCUT2D eigenvalue weighted by Gasteiger charge is 2.31. The first kappa shape index (κ1) is 9.92. The predicted octanol–water partition coefficient (Wildman–Crippen LogP) is -1.65. The highest BCUT2D eigenvalue weighted by Crippen LogP contribution is 2.23. The van der Waals surface area contributed by atoms with Crippen molar-refractivity contribution in [2.45, 2.75) is 6.42 Å². The fourth-order valence-electron chi connectivity index (χ4n) is 1.63. The highest BCUT2D eigenvalue weighted by molar-refractivity contribution is 6.12. The van der Waals surface area contributed by atoms with Gasteiger partial charge >= 0.3 is 0 Å². The summed E-state index contributed by atoms with van der Waals surface area (Å²) < 4.78 is 0. The molecule has 0 atom stereocenters. The molecule has 1 aromatic rings. The minimum Gasteiger partial charge on any atom is -0.397 e. The van der Waals surface area contributed by atoms with E-state index in [1.807, 2.05) is 0 Å². The number of H-pyrrole nitrogens is 1. The van der Waals surface area contributed by atoms with Crippen molar-refractivity contribution in [1.29, 1.82) is 5.26 Å². The quantitative estimate of drug-likeness (QED) is 0.448. The van der Waals surface area contributed by atoms with Gasteiger partial charge in [-0.15, -0.1) is 0 Å². The molecule has 1 aliphatic rings. The monoisotopic (exact) mass is 218 g/mol. The fourth-order valence-corrected chi connectivity index (χ4v) is 1.63. The number of anilines is 2. The molecule has 0 saturated heterocycles. The van der Waals surface area contributed by atoms with Crippen molar-refractivity contribution in [2.24, 2.45) is 0 Å². The van der Waals surface area contributed by atoms with E-state index in [2.05, 4.69) is 10.3 Å². The third kappa shape index (κ3) is 1.25. The lowest BCUT2D eigenvalue weighted by molar-refractivity contribution is -0.372. The smallest absolute Gasteiger partial charge is 0.290 e. The Morgan fingerprint density at radius 3 is 2.69 bits per heavy atom. The number of fused-ring (bicyclic) bond motifs is 1. The number of nitrogens with one attached hydrogen (secondary N) is 2. The third-order valence-electron chi connectivity index (χ3n) is 2.32. The lowest BCUT2D eigenvalue weighted by Gasteiger charge is -2.15. The van der Waals surface area contributed by atoms with Crippen LogP contribution >= 0.6 is 0 Å². The Balaban J connectivity index is 2.75. The maximum atomic E-state index is 11.5. The van der Waals surface area contributed by atoms with Crippen LogP contribution in [0.25, 0.3) is 0 Å². The van der Waals surface area contributed by atoms with Crippen molar-refractivity contribution in [1.82, 2.24) is 5.32 Å². The van der Waals surface area contributed by atoms with Crippen LogP contribution in [0.2, 0.25) is 0 Å². The van der Waals surface area contributed by atoms with Crippen molar-refractivity contribution < 1.29 is 14.6 Å². The fraction of sp³-hybridized carbons (Fsp3) is 0.111. The molecule has 80 valence electrons. The molecule has 0 aromatic carbocycles. The number of rotatable bonds is 0. The van der Waals surface area contributed by atoms with Gasteiger partial charge in [0.15, 0.2) is 5.56 Å². The van der Waals surface area contributed by atoms with Crippen molar-refractivity contribution in [3.63, 3.8) is 0 Å². The summed E-state index contributed by atoms with van der Waals surface area (Å²) in [4.78, 5) is 25.3. The molecule has 0 fully saturated rings. The number of amides is 2. The number of imide groups is 1. The normalized spacial score (nSPS) is 13.9. The van der Waals surface area contributed by atoms with Crippen molar-refractivity contribution in [3.05, 3.63) is 16.8 Å². The van der Waals surface area contributed by atoms with Gasteiger partial charge in [0.25, 0.3) is 11.7 Å². The molecule has 0 saturated carbocycles. The standard InChI is InChI=1S/C9H7N5O2/c10-2-3-7(11)6-4(13-8(3)12)1-5(15)14-9(6)16/h1H2,(H4,11,12,13)(H,14,15,16)/p+1. The zero-order valence-electron chi connectivity index (χ0n) is 8.13. The van der Waals surface area contributed by atoms with E-state index in [0.29, 0.717) is 5.69 Å². The molecule has 0 unspecified atom stereocenters. The van der Waals surface area contributed by atoms with Crippen LogP contribution in [-0.4, -0.2) is 11.8 Å². The van der Waals surface area contributed by atoms with E-state index in [9.17, 15) is 9.59 Å². The molecule has 7 nitrogen and oxygen atoms in total. The van der Waals surface area contributed by atoms with Crippen molar-refractivity contribution >= 4 is 23.3 Å². The summed E-state index contributed by atoms with van der Waals surface area (Å²) in [7, 11) is 0. The molecular formula is C9H8N5O2+. The molecule has 7 heteroatoms. The van der Waals surface area contributed by atoms with E-state index in [1.54, 1.807) is 6.07 Å². The highest BCUT2D eigenvalue weighted by atomic mass is 16.2. The zero-order valence-corrected chi connectivity index (χ0v) is 8.13. The largest absolute Gasteiger partial charge is 0.397 e. The van der Waals surface area contributed by atoms with Crippen LogP contribution in [0.4, 0.5) is 11.5 Å². The molecule has 2 amide bonds. The van der Waals surface area contributed by atoms with Crippen LogP contribution < -0.4 is 21.8 Å². The summed E-state index contributed by atoms with van der Waals surface area (Å²) in [6.45, 7) is 0. The van der Waals surface area contributed by atoms with Crippen LogP contribution in [0.5, 0.6) is 0 Å². The van der Waals surface area contributed by atoms with Crippen LogP contribution in [0.15, 0.2) is 0 Å². The zero-order chi connectivity index (χ0) is 11.9. The average molecular weight is 218 g/mol. The van der Waals surface area contributed by atoms with Gasteiger partial charge in [0.05, 0.1) is 12.1 Å². The van der Waals surface area contributed by atoms with E-state index in [-0.39, 0.29) is 29.1 Å². The predicted molar refractivity (Wildman–Crippen MR) is 52.7 cm³/mol. The summed E-state index contributed by atoms with van der Waals surface area (Å²) in [6.07, 6.45) is -0.0127. The molecule has 6 N–H and O–H groups in total. The Labute approximate surface area is 90.1 Å². The average Bonchev–Trinajstić information content (AvgIpc) is 2.15. The van der Waals surface area contributed by atoms with Crippen LogP contribution in [0, 0.1) is 11.3 Å². The second kappa shape index (κ2) is 3.20. The molecular weight excluding hydrogens is 210 g/mol. The lowest BCUT2D eigenvalue weighted by atomic mass is 10.0. The number of hydrogen-bond acceptors (Lipinski definition) is 5. The topological polar surface area (TPSA) is 136 Å². The Hall–Kier alpha value is -2.62. The van der Waals surface area contributed by atoms with Gasteiger partial charge in [-0.3, -0.25) is 20.6 Å². The first-order valence-corrected chi connectivity index (χ1v) is 4.42. The van der Waals surface area contributed by atoms with Crippen LogP contribution in [0.3, 0.4) is 0 Å². The number of pyridine rings is 1. The van der Waals surface area contributed by atoms with Gasteiger partial charge in [-0.05, 0) is 0 Å². The number of nitrogens with zero attached hydrogens (tertiary/aromatic N) is 1. The van der Waals surface area contributed by atoms with E-state index in [4.69, 9.17) is 16.7 Å². The molecule has 0 radical (unpaired) electrons. The van der Waals surface area contributed by atoms with Gasteiger partial charge in [0, 0.05) is 0 Å². The lowest BCUT2D eigenvalue weighted by Crippen LogP contribution is -2.42. The summed E-state index contributed by atoms with van der Waals surface area (Å²) >= 11 is 0. The maximum absolute atomic E-state index is 11.5. The number of nitrogens with two attached hydrogens (primary N) is 2. The van der Waals surface area contributed by atoms with Crippen molar-refractivity contribution in [2.75, 3.05) is 11.5 Å². The van der Waals surface area contributed by atoms with Gasteiger partial charge in [0.1, 0.15) is 17.3 Å². The van der Waals surface area contributed by atoms with Gasteiger partial charge in [-0.2, -0.15) is 5.26 Å². The minimum atomic E-state index is -0.614. The van der Waals surface area contributed by atoms with Gasteiger partial charge in [-0.1, -0.05) is 0 Å². The number of carbonyl (C=O) groups excluding carboxylic acids is 2. The van der Waals surface area contributed by atoms with Crippen LogP contribution in [0.1, 0.15) is 21.6 Å². The Bertz CT molecular complexity index is 558.